The molecule has 0 amide bonds. The van der Waals surface area contributed by atoms with Gasteiger partial charge in [-0.25, -0.2) is 0 Å². The molecular formula is C24H37N4O+. The molecule has 1 aromatic heterocycles. The Morgan fingerprint density at radius 1 is 1.34 bits per heavy atom. The molecule has 1 aliphatic carbocycles. The summed E-state index contributed by atoms with van der Waals surface area (Å²) in [4.78, 5) is 2.60. The van der Waals surface area contributed by atoms with Gasteiger partial charge in [-0.3, -0.25) is 10.00 Å². The van der Waals surface area contributed by atoms with E-state index in [1.807, 2.05) is 32.9 Å². The number of hydrogen-bond donors (Lipinski definition) is 2. The molecule has 0 radical (unpaired) electrons. The zero-order valence-electron chi connectivity index (χ0n) is 18.4. The van der Waals surface area contributed by atoms with Crippen molar-refractivity contribution in [2.45, 2.75) is 64.1 Å². The Balaban J connectivity index is 1.77. The Morgan fingerprint density at radius 2 is 2.10 bits per heavy atom. The van der Waals surface area contributed by atoms with Crippen LogP contribution in [0, 0.1) is 0 Å². The lowest BCUT2D eigenvalue weighted by Gasteiger charge is -2.33. The van der Waals surface area contributed by atoms with Crippen LogP contribution in [0.25, 0.3) is 18.2 Å². The van der Waals surface area contributed by atoms with Gasteiger partial charge in [-0.15, -0.1) is 0 Å². The van der Waals surface area contributed by atoms with Crippen molar-refractivity contribution in [3.8, 4) is 0 Å². The van der Waals surface area contributed by atoms with Crippen LogP contribution in [0.1, 0.15) is 52.7 Å². The van der Waals surface area contributed by atoms with E-state index in [2.05, 4.69) is 58.2 Å². The standard InChI is InChI=1S/C24H36N4O/c1-6-7-11-20-19(3)26-27-22(20)18(2)10-8-12-24(13-14-24)28-16-9-15-25-21(17-28)23(4,5)29/h6-8,10-12,21,25-26,29H,3,9,13-17H2,1-2,4-5H3/p+1/b7-6-,12-8-,18-10+,20-11+. The van der Waals surface area contributed by atoms with Gasteiger partial charge in [0.05, 0.1) is 17.1 Å². The number of aromatic nitrogens is 2. The Bertz CT molecular complexity index is 896. The summed E-state index contributed by atoms with van der Waals surface area (Å²) in [6.45, 7) is 15.2. The lowest BCUT2D eigenvalue weighted by atomic mass is 9.98. The first-order valence-electron chi connectivity index (χ1n) is 10.7. The molecule has 158 valence electrons. The first-order chi connectivity index (χ1) is 13.8. The van der Waals surface area contributed by atoms with Crippen LogP contribution in [-0.4, -0.2) is 57.0 Å². The van der Waals surface area contributed by atoms with E-state index in [9.17, 15) is 0 Å². The Hall–Kier alpha value is -1.95. The van der Waals surface area contributed by atoms with Crippen molar-refractivity contribution >= 4 is 18.2 Å². The lowest BCUT2D eigenvalue weighted by molar-refractivity contribution is 0.0241. The van der Waals surface area contributed by atoms with Gasteiger partial charge < -0.3 is 10.4 Å². The third-order valence-corrected chi connectivity index (χ3v) is 6.13. The van der Waals surface area contributed by atoms with Gasteiger partial charge in [-0.1, -0.05) is 43.0 Å². The number of H-pyrrole nitrogens is 1. The van der Waals surface area contributed by atoms with Gasteiger partial charge in [0, 0.05) is 37.7 Å². The molecule has 5 nitrogen and oxygen atoms in total. The summed E-state index contributed by atoms with van der Waals surface area (Å²) in [7, 11) is 0. The van der Waals surface area contributed by atoms with Gasteiger partial charge in [0.1, 0.15) is 0 Å². The number of hydrogen-bond acceptors (Lipinski definition) is 3. The first kappa shape index (κ1) is 21.8. The van der Waals surface area contributed by atoms with Crippen LogP contribution >= 0.6 is 0 Å². The second-order valence-electron chi connectivity index (χ2n) is 9.00. The fraction of sp³-hybridized carbons (Fsp3) is 0.542. The molecule has 3 rings (SSSR count). The van der Waals surface area contributed by atoms with E-state index in [1.54, 1.807) is 0 Å². The number of nitrogens with one attached hydrogen (secondary N) is 2. The summed E-state index contributed by atoms with van der Waals surface area (Å²) in [6, 6.07) is 0.206. The van der Waals surface area contributed by atoms with Gasteiger partial charge in [-0.2, -0.15) is 5.10 Å². The molecule has 29 heavy (non-hydrogen) atoms. The number of allylic oxidation sites excluding steroid dienone is 5. The van der Waals surface area contributed by atoms with Gasteiger partial charge in [0.25, 0.3) is 0 Å². The van der Waals surface area contributed by atoms with Crippen molar-refractivity contribution in [3.05, 3.63) is 46.6 Å². The predicted molar refractivity (Wildman–Crippen MR) is 123 cm³/mol. The fourth-order valence-electron chi connectivity index (χ4n) is 4.04. The predicted octanol–water partition coefficient (Wildman–Crippen LogP) is 1.84. The third kappa shape index (κ3) is 5.16. The number of nitrogens with zero attached hydrogens (tertiary/aromatic N) is 2. The van der Waals surface area contributed by atoms with Gasteiger partial charge in [-0.05, 0) is 45.2 Å². The van der Waals surface area contributed by atoms with E-state index in [1.165, 1.54) is 12.8 Å². The fourth-order valence-corrected chi connectivity index (χ4v) is 4.04. The van der Waals surface area contributed by atoms with Crippen LogP contribution in [0.4, 0.5) is 0 Å². The molecule has 4 N–H and O–H groups in total. The quantitative estimate of drug-likeness (QED) is 0.569. The average Bonchev–Trinajstić information content (AvgIpc) is 3.40. The zero-order valence-corrected chi connectivity index (χ0v) is 18.4. The molecule has 1 aliphatic heterocycles. The van der Waals surface area contributed by atoms with Crippen molar-refractivity contribution in [2.75, 3.05) is 19.6 Å². The molecule has 2 heterocycles. The highest BCUT2D eigenvalue weighted by Gasteiger charge is 2.48. The Kier molecular flexibility index (Phi) is 6.62. The summed E-state index contributed by atoms with van der Waals surface area (Å²) >= 11 is 0. The number of aromatic amines is 1. The van der Waals surface area contributed by atoms with Gasteiger partial charge >= 0.3 is 0 Å². The summed E-state index contributed by atoms with van der Waals surface area (Å²) in [6.07, 6.45) is 16.3. The van der Waals surface area contributed by atoms with Crippen LogP contribution in [-0.2, 0) is 0 Å². The molecule has 1 atom stereocenters. The van der Waals surface area contributed by atoms with Gasteiger partial charge in [0.2, 0.25) is 0 Å². The third-order valence-electron chi connectivity index (χ3n) is 6.13. The largest absolute Gasteiger partial charge is 0.440 e. The van der Waals surface area contributed by atoms with E-state index in [-0.39, 0.29) is 11.6 Å². The minimum atomic E-state index is -0.468. The zero-order chi connectivity index (χ0) is 21.1. The van der Waals surface area contributed by atoms with Crippen molar-refractivity contribution in [1.29, 1.82) is 0 Å². The minimum Gasteiger partial charge on any atom is -0.440 e. The van der Waals surface area contributed by atoms with Crippen molar-refractivity contribution in [3.63, 3.8) is 0 Å². The summed E-state index contributed by atoms with van der Waals surface area (Å²) in [5.74, 6) is 0. The second kappa shape index (κ2) is 8.82. The lowest BCUT2D eigenvalue weighted by Crippen LogP contribution is -2.53. The average molecular weight is 398 g/mol. The monoisotopic (exact) mass is 397 g/mol. The highest BCUT2D eigenvalue weighted by atomic mass is 16.3. The molecule has 0 bridgehead atoms. The van der Waals surface area contributed by atoms with Gasteiger partial charge in [0.15, 0.2) is 5.60 Å². The van der Waals surface area contributed by atoms with E-state index >= 15 is 0 Å². The van der Waals surface area contributed by atoms with Crippen LogP contribution < -0.4 is 15.9 Å². The molecular weight excluding hydrogens is 360 g/mol. The summed E-state index contributed by atoms with van der Waals surface area (Å²) in [5.41, 5.74) is 1.78. The summed E-state index contributed by atoms with van der Waals surface area (Å²) in [5, 5.41) is 21.4. The molecule has 0 spiro atoms. The second-order valence-corrected chi connectivity index (χ2v) is 9.00. The van der Waals surface area contributed by atoms with Crippen molar-refractivity contribution in [1.82, 2.24) is 20.4 Å². The van der Waals surface area contributed by atoms with E-state index in [0.717, 1.165) is 47.9 Å². The molecule has 1 saturated carbocycles. The van der Waals surface area contributed by atoms with Crippen LogP contribution in [0.3, 0.4) is 0 Å². The Labute approximate surface area is 174 Å². The minimum absolute atomic E-state index is 0.162. The van der Waals surface area contributed by atoms with Crippen LogP contribution in [0.15, 0.2) is 30.4 Å². The maximum absolute atomic E-state index is 8.46. The topological polar surface area (TPSA) is 66.8 Å². The SMILES string of the molecule is C=c1[nH]nc(/C(C)=C/C=C\C2(N3CCCNC(C(C)(C)[OH2+])C3)CC2)/c1=C/C=C\C. The van der Waals surface area contributed by atoms with E-state index in [4.69, 9.17) is 5.11 Å². The van der Waals surface area contributed by atoms with Crippen LogP contribution in [0.2, 0.25) is 0 Å². The summed E-state index contributed by atoms with van der Waals surface area (Å²) < 4.78 is 0. The van der Waals surface area contributed by atoms with Crippen molar-refractivity contribution < 1.29 is 5.11 Å². The normalized spacial score (nSPS) is 24.5. The first-order valence-corrected chi connectivity index (χ1v) is 10.7. The maximum Gasteiger partial charge on any atom is 0.174 e. The highest BCUT2D eigenvalue weighted by molar-refractivity contribution is 5.64. The van der Waals surface area contributed by atoms with E-state index < -0.39 is 5.60 Å². The van der Waals surface area contributed by atoms with Crippen molar-refractivity contribution in [2.24, 2.45) is 0 Å². The molecule has 5 heteroatoms. The van der Waals surface area contributed by atoms with Crippen LogP contribution in [0.5, 0.6) is 0 Å². The maximum atomic E-state index is 8.46. The molecule has 2 aliphatic rings. The molecule has 2 fully saturated rings. The molecule has 1 aromatic rings. The molecule has 0 aromatic carbocycles. The number of rotatable bonds is 6. The van der Waals surface area contributed by atoms with E-state index in [0.29, 0.717) is 0 Å². The molecule has 1 saturated heterocycles. The Morgan fingerprint density at radius 3 is 2.76 bits per heavy atom. The highest BCUT2D eigenvalue weighted by Crippen LogP contribution is 2.44. The smallest absolute Gasteiger partial charge is 0.174 e. The molecule has 1 unspecified atom stereocenters.